The number of benzene rings is 2. The van der Waals surface area contributed by atoms with Crippen LogP contribution in [0.2, 0.25) is 0 Å². The molecule has 0 bridgehead atoms. The van der Waals surface area contributed by atoms with E-state index in [-0.39, 0.29) is 16.5 Å². The molecule has 7 heteroatoms. The van der Waals surface area contributed by atoms with E-state index in [0.29, 0.717) is 24.0 Å². The minimum atomic E-state index is -4.88. The summed E-state index contributed by atoms with van der Waals surface area (Å²) in [5.41, 5.74) is 1.04. The van der Waals surface area contributed by atoms with Crippen LogP contribution in [0.3, 0.4) is 0 Å². The maximum absolute atomic E-state index is 13.1. The highest BCUT2D eigenvalue weighted by Gasteiger charge is 2.33. The fourth-order valence-corrected chi connectivity index (χ4v) is 3.90. The summed E-state index contributed by atoms with van der Waals surface area (Å²) < 4.78 is 54.4. The third kappa shape index (κ3) is 6.16. The van der Waals surface area contributed by atoms with Crippen molar-refractivity contribution in [2.45, 2.75) is 58.2 Å². The molecule has 0 fully saturated rings. The Morgan fingerprint density at radius 1 is 0.970 bits per heavy atom. The molecule has 4 nitrogen and oxygen atoms in total. The molecule has 0 saturated heterocycles. The standard InChI is InChI=1S/C26H29F3O4/c1-5-6-7-8-17-9-12-20(23(13-17)33-26(27,28)29)21-14-18-10-11-19(25(2,3)16-31-4)15-22(18)32-24(21)30/h9-15H,5-8,16H2,1-4H3. The first-order chi connectivity index (χ1) is 15.5. The van der Waals surface area contributed by atoms with E-state index >= 15 is 0 Å². The molecule has 1 heterocycles. The van der Waals surface area contributed by atoms with Gasteiger partial charge in [0.2, 0.25) is 0 Å². The van der Waals surface area contributed by atoms with Gasteiger partial charge >= 0.3 is 12.0 Å². The molecule has 0 N–H and O–H groups in total. The average Bonchev–Trinajstić information content (AvgIpc) is 2.72. The number of unbranched alkanes of at least 4 members (excludes halogenated alkanes) is 2. The van der Waals surface area contributed by atoms with Crippen LogP contribution in [0.25, 0.3) is 22.1 Å². The largest absolute Gasteiger partial charge is 0.573 e. The number of hydrogen-bond donors (Lipinski definition) is 0. The number of rotatable bonds is 9. The molecule has 178 valence electrons. The molecule has 0 atom stereocenters. The molecular formula is C26H29F3O4. The molecule has 1 aromatic heterocycles. The molecule has 0 saturated carbocycles. The smallest absolute Gasteiger partial charge is 0.422 e. The lowest BCUT2D eigenvalue weighted by molar-refractivity contribution is -0.274. The molecular weight excluding hydrogens is 433 g/mol. The second-order valence-corrected chi connectivity index (χ2v) is 8.85. The van der Waals surface area contributed by atoms with E-state index in [4.69, 9.17) is 9.15 Å². The second-order valence-electron chi connectivity index (χ2n) is 8.85. The van der Waals surface area contributed by atoms with Gasteiger partial charge in [0, 0.05) is 23.5 Å². The number of aryl methyl sites for hydroxylation is 1. The minimum Gasteiger partial charge on any atom is -0.422 e. The van der Waals surface area contributed by atoms with Crippen LogP contribution in [-0.2, 0) is 16.6 Å². The number of ether oxygens (including phenoxy) is 2. The molecule has 0 spiro atoms. The van der Waals surface area contributed by atoms with Gasteiger partial charge in [-0.15, -0.1) is 13.2 Å². The average molecular weight is 463 g/mol. The molecule has 0 aliphatic rings. The van der Waals surface area contributed by atoms with Crippen LogP contribution in [0.1, 0.15) is 51.2 Å². The minimum absolute atomic E-state index is 0.0192. The lowest BCUT2D eigenvalue weighted by Crippen LogP contribution is -2.23. The SMILES string of the molecule is CCCCCc1ccc(-c2cc3ccc(C(C)(C)COC)cc3oc2=O)c(OC(F)(F)F)c1. The first kappa shape index (κ1) is 24.8. The summed E-state index contributed by atoms with van der Waals surface area (Å²) in [5, 5.41) is 0.603. The predicted molar refractivity (Wildman–Crippen MR) is 123 cm³/mol. The lowest BCUT2D eigenvalue weighted by Gasteiger charge is -2.24. The van der Waals surface area contributed by atoms with Gasteiger partial charge in [-0.2, -0.15) is 0 Å². The van der Waals surface area contributed by atoms with Crippen molar-refractivity contribution in [1.29, 1.82) is 0 Å². The first-order valence-electron chi connectivity index (χ1n) is 11.0. The van der Waals surface area contributed by atoms with E-state index in [1.807, 2.05) is 19.9 Å². The third-order valence-corrected chi connectivity index (χ3v) is 5.65. The van der Waals surface area contributed by atoms with E-state index < -0.39 is 17.7 Å². The molecule has 0 amide bonds. The number of alkyl halides is 3. The monoisotopic (exact) mass is 462 g/mol. The van der Waals surface area contributed by atoms with Gasteiger partial charge in [0.05, 0.1) is 12.2 Å². The predicted octanol–water partition coefficient (Wildman–Crippen LogP) is 7.02. The third-order valence-electron chi connectivity index (χ3n) is 5.65. The summed E-state index contributed by atoms with van der Waals surface area (Å²) in [7, 11) is 1.62. The van der Waals surface area contributed by atoms with E-state index in [1.54, 1.807) is 31.4 Å². The van der Waals surface area contributed by atoms with Crippen LogP contribution in [0, 0.1) is 0 Å². The Morgan fingerprint density at radius 3 is 2.39 bits per heavy atom. The zero-order chi connectivity index (χ0) is 24.2. The molecule has 0 aliphatic heterocycles. The Balaban J connectivity index is 2.06. The summed E-state index contributed by atoms with van der Waals surface area (Å²) in [6.45, 7) is 6.55. The summed E-state index contributed by atoms with van der Waals surface area (Å²) in [5.74, 6) is -0.402. The maximum Gasteiger partial charge on any atom is 0.573 e. The number of fused-ring (bicyclic) bond motifs is 1. The molecule has 2 aromatic carbocycles. The highest BCUT2D eigenvalue weighted by Crippen LogP contribution is 2.35. The topological polar surface area (TPSA) is 48.7 Å². The van der Waals surface area contributed by atoms with Crippen molar-refractivity contribution in [3.05, 3.63) is 64.0 Å². The van der Waals surface area contributed by atoms with E-state index in [9.17, 15) is 18.0 Å². The van der Waals surface area contributed by atoms with Crippen molar-refractivity contribution in [2.75, 3.05) is 13.7 Å². The van der Waals surface area contributed by atoms with Crippen LogP contribution in [-0.4, -0.2) is 20.1 Å². The van der Waals surface area contributed by atoms with Crippen molar-refractivity contribution < 1.29 is 27.1 Å². The van der Waals surface area contributed by atoms with Crippen molar-refractivity contribution in [1.82, 2.24) is 0 Å². The zero-order valence-electron chi connectivity index (χ0n) is 19.3. The number of halogens is 3. The Labute approximate surface area is 191 Å². The second kappa shape index (κ2) is 10.00. The quantitative estimate of drug-likeness (QED) is 0.253. The van der Waals surface area contributed by atoms with Crippen LogP contribution in [0.15, 0.2) is 51.7 Å². The van der Waals surface area contributed by atoms with Gasteiger partial charge in [-0.05, 0) is 42.2 Å². The molecule has 3 aromatic rings. The highest BCUT2D eigenvalue weighted by molar-refractivity contribution is 5.83. The molecule has 0 unspecified atom stereocenters. The van der Waals surface area contributed by atoms with Gasteiger partial charge in [-0.3, -0.25) is 0 Å². The normalized spacial score (nSPS) is 12.3. The summed E-state index contributed by atoms with van der Waals surface area (Å²) in [6.07, 6.45) is -1.40. The Morgan fingerprint density at radius 2 is 1.73 bits per heavy atom. The fourth-order valence-electron chi connectivity index (χ4n) is 3.90. The molecule has 0 radical (unpaired) electrons. The van der Waals surface area contributed by atoms with Crippen LogP contribution in [0.4, 0.5) is 13.2 Å². The van der Waals surface area contributed by atoms with E-state index in [2.05, 4.69) is 11.7 Å². The summed E-state index contributed by atoms with van der Waals surface area (Å²) in [6, 6.07) is 11.6. The zero-order valence-corrected chi connectivity index (χ0v) is 19.3. The molecule has 33 heavy (non-hydrogen) atoms. The summed E-state index contributed by atoms with van der Waals surface area (Å²) >= 11 is 0. The van der Waals surface area contributed by atoms with Crippen molar-refractivity contribution in [3.63, 3.8) is 0 Å². The molecule has 0 aliphatic carbocycles. The van der Waals surface area contributed by atoms with Gasteiger partial charge in [0.1, 0.15) is 11.3 Å². The molecule has 3 rings (SSSR count). The van der Waals surface area contributed by atoms with E-state index in [1.165, 1.54) is 12.1 Å². The van der Waals surface area contributed by atoms with Crippen molar-refractivity contribution >= 4 is 11.0 Å². The van der Waals surface area contributed by atoms with Crippen molar-refractivity contribution in [3.8, 4) is 16.9 Å². The fraction of sp³-hybridized carbons (Fsp3) is 0.423. The first-order valence-corrected chi connectivity index (χ1v) is 11.0. The van der Waals surface area contributed by atoms with Crippen LogP contribution >= 0.6 is 0 Å². The van der Waals surface area contributed by atoms with Crippen molar-refractivity contribution in [2.24, 2.45) is 0 Å². The van der Waals surface area contributed by atoms with Crippen LogP contribution in [0.5, 0.6) is 5.75 Å². The number of methoxy groups -OCH3 is 1. The Bertz CT molecular complexity index is 1160. The maximum atomic E-state index is 13.1. The van der Waals surface area contributed by atoms with Gasteiger partial charge < -0.3 is 13.9 Å². The highest BCUT2D eigenvalue weighted by atomic mass is 19.4. The van der Waals surface area contributed by atoms with Gasteiger partial charge in [0.15, 0.2) is 0 Å². The Kier molecular flexibility index (Phi) is 7.52. The lowest BCUT2D eigenvalue weighted by atomic mass is 9.85. The van der Waals surface area contributed by atoms with Gasteiger partial charge in [0.25, 0.3) is 0 Å². The summed E-state index contributed by atoms with van der Waals surface area (Å²) in [4.78, 5) is 12.8. The Hall–Kier alpha value is -2.80. The van der Waals surface area contributed by atoms with Crippen LogP contribution < -0.4 is 10.4 Å². The van der Waals surface area contributed by atoms with E-state index in [0.717, 1.165) is 30.4 Å². The van der Waals surface area contributed by atoms with Gasteiger partial charge in [-0.25, -0.2) is 4.79 Å². The van der Waals surface area contributed by atoms with Gasteiger partial charge in [-0.1, -0.05) is 57.9 Å². The number of hydrogen-bond acceptors (Lipinski definition) is 4.